The minimum atomic E-state index is 0. The number of imidazole rings is 2. The molecule has 12 aromatic rings. The van der Waals surface area contributed by atoms with E-state index < -0.39 is 0 Å². The molecule has 6 aromatic heterocycles. The van der Waals surface area contributed by atoms with Crippen molar-refractivity contribution in [2.75, 3.05) is 0 Å². The van der Waals surface area contributed by atoms with Crippen molar-refractivity contribution in [1.82, 2.24) is 29.1 Å². The molecule has 0 unspecified atom stereocenters. The van der Waals surface area contributed by atoms with Crippen molar-refractivity contribution in [1.29, 1.82) is 0 Å². The Labute approximate surface area is 407 Å². The fourth-order valence-electron chi connectivity index (χ4n) is 7.77. The number of ether oxygens (including phenoxy) is 2. The Kier molecular flexibility index (Phi) is 11.6. The molecule has 10 nitrogen and oxygen atoms in total. The summed E-state index contributed by atoms with van der Waals surface area (Å²) in [6, 6.07) is 68.8. The van der Waals surface area contributed by atoms with Crippen LogP contribution in [0.2, 0.25) is 0 Å². The Morgan fingerprint density at radius 2 is 0.818 bits per heavy atom. The number of pyridine rings is 4. The molecule has 0 saturated carbocycles. The largest absolute Gasteiger partial charge is 0.511 e. The van der Waals surface area contributed by atoms with E-state index >= 15 is 0 Å². The molecule has 0 radical (unpaired) electrons. The molecule has 0 bridgehead atoms. The van der Waals surface area contributed by atoms with Crippen LogP contribution < -0.4 is 18.6 Å². The maximum Gasteiger partial charge on any atom is 0.269 e. The summed E-state index contributed by atoms with van der Waals surface area (Å²) in [5.41, 5.74) is 7.97. The predicted molar refractivity (Wildman–Crippen MR) is 241 cm³/mol. The minimum Gasteiger partial charge on any atom is -0.511 e. The molecular formula is C54H30N8O2Pt2-4. The van der Waals surface area contributed by atoms with E-state index in [1.54, 1.807) is 24.5 Å². The molecule has 0 aliphatic heterocycles. The first-order valence-electron chi connectivity index (χ1n) is 20.5. The van der Waals surface area contributed by atoms with Crippen molar-refractivity contribution in [2.24, 2.45) is 0 Å². The van der Waals surface area contributed by atoms with E-state index in [0.717, 1.165) is 66.9 Å². The summed E-state index contributed by atoms with van der Waals surface area (Å²) in [5, 5.41) is 2.15. The number of fused-ring (bicyclic) bond motifs is 4. The number of aromatic nitrogens is 8. The average molecular weight is 1210 g/mol. The van der Waals surface area contributed by atoms with Gasteiger partial charge in [0.05, 0.1) is 33.1 Å². The first-order valence-corrected chi connectivity index (χ1v) is 20.5. The average Bonchev–Trinajstić information content (AvgIpc) is 3.94. The fraction of sp³-hybridized carbons (Fsp3) is 0. The molecule has 12 rings (SSSR count). The molecule has 66 heavy (non-hydrogen) atoms. The molecule has 0 fully saturated rings. The van der Waals surface area contributed by atoms with Crippen molar-refractivity contribution in [3.63, 3.8) is 0 Å². The van der Waals surface area contributed by atoms with Gasteiger partial charge in [-0.2, -0.15) is 36.4 Å². The molecular weight excluding hydrogens is 1180 g/mol. The van der Waals surface area contributed by atoms with Crippen LogP contribution in [0.1, 0.15) is 0 Å². The summed E-state index contributed by atoms with van der Waals surface area (Å²) in [4.78, 5) is 18.9. The van der Waals surface area contributed by atoms with Crippen molar-refractivity contribution in [3.8, 4) is 57.4 Å². The van der Waals surface area contributed by atoms with E-state index in [2.05, 4.69) is 83.3 Å². The monoisotopic (exact) mass is 1210 g/mol. The summed E-state index contributed by atoms with van der Waals surface area (Å²) in [7, 11) is 0. The van der Waals surface area contributed by atoms with Crippen LogP contribution in [0.5, 0.6) is 23.0 Å². The van der Waals surface area contributed by atoms with Crippen LogP contribution in [-0.4, -0.2) is 29.1 Å². The number of benzene rings is 6. The maximum absolute atomic E-state index is 6.33. The van der Waals surface area contributed by atoms with Crippen molar-refractivity contribution < 1.29 is 60.7 Å². The van der Waals surface area contributed by atoms with Gasteiger partial charge in [0, 0.05) is 65.1 Å². The second-order valence-corrected chi connectivity index (χ2v) is 14.8. The van der Waals surface area contributed by atoms with Crippen LogP contribution in [-0.2, 0) is 42.1 Å². The Bertz CT molecular complexity index is 3500. The number of para-hydroxylation sites is 6. The quantitative estimate of drug-likeness (QED) is 0.106. The van der Waals surface area contributed by atoms with Crippen LogP contribution in [0.15, 0.2) is 182 Å². The van der Waals surface area contributed by atoms with Crippen LogP contribution >= 0.6 is 0 Å². The zero-order valence-electron chi connectivity index (χ0n) is 34.3. The van der Waals surface area contributed by atoms with Gasteiger partial charge in [-0.1, -0.05) is 97.1 Å². The van der Waals surface area contributed by atoms with Gasteiger partial charge in [-0.3, -0.25) is 9.13 Å². The SMILES string of the molecule is [Pt].[Pt].[c-]1c(Oc2[c-]c(-c3[c-]c(Oc4[c-]c(-[n+]5[c-]n(-c6ccc7ccccc7n6)c6ccccc65)ccc4)ccn3)ncc2)cccc1-[n+]1[c-]n(-c2ccc3ccccc3n2)c2ccccc21. The molecule has 0 amide bonds. The Morgan fingerprint density at radius 1 is 0.394 bits per heavy atom. The summed E-state index contributed by atoms with van der Waals surface area (Å²) >= 11 is 0. The molecule has 6 heterocycles. The van der Waals surface area contributed by atoms with Gasteiger partial charge in [-0.05, 0) is 58.8 Å². The summed E-state index contributed by atoms with van der Waals surface area (Å²) in [6.07, 6.45) is 10.3. The minimum absolute atomic E-state index is 0. The van der Waals surface area contributed by atoms with E-state index in [4.69, 9.17) is 19.4 Å². The molecule has 12 heteroatoms. The van der Waals surface area contributed by atoms with Crippen LogP contribution in [0.3, 0.4) is 0 Å². The van der Waals surface area contributed by atoms with E-state index in [-0.39, 0.29) is 42.1 Å². The molecule has 6 aromatic carbocycles. The molecule has 0 aliphatic carbocycles. The van der Waals surface area contributed by atoms with Gasteiger partial charge in [0.25, 0.3) is 12.7 Å². The van der Waals surface area contributed by atoms with Gasteiger partial charge < -0.3 is 28.6 Å². The first kappa shape index (κ1) is 42.3. The molecule has 0 atom stereocenters. The van der Waals surface area contributed by atoms with E-state index in [9.17, 15) is 0 Å². The molecule has 0 N–H and O–H groups in total. The van der Waals surface area contributed by atoms with Crippen LogP contribution in [0, 0.1) is 36.9 Å². The van der Waals surface area contributed by atoms with Crippen molar-refractivity contribution in [3.05, 3.63) is 219 Å². The van der Waals surface area contributed by atoms with Crippen LogP contribution in [0.25, 0.3) is 78.3 Å². The smallest absolute Gasteiger partial charge is 0.269 e. The Morgan fingerprint density at radius 3 is 1.30 bits per heavy atom. The van der Waals surface area contributed by atoms with Crippen molar-refractivity contribution >= 4 is 43.9 Å². The second-order valence-electron chi connectivity index (χ2n) is 14.8. The van der Waals surface area contributed by atoms with Gasteiger partial charge in [-0.15, -0.1) is 47.8 Å². The third-order valence-electron chi connectivity index (χ3n) is 10.7. The number of rotatable bonds is 9. The fourth-order valence-corrected chi connectivity index (χ4v) is 7.77. The standard InChI is InChI=1S/C54H30N8O2.2Pt/c1-3-17-45-37(11-1)23-25-53(57-45)61-35-59(49-19-5-7-21-51(49)61)39-13-9-15-41(31-39)63-43-27-29-55-47(33-43)48-34-44(28-30-56-48)64-42-16-10-14-40(32-42)60-36-62(52-22-8-6-20-50(52)60)54-26-24-38-12-2-4-18-46(38)58-54;;/h1-30H;;/q-4;;. The number of nitrogens with zero attached hydrogens (tertiary/aromatic N) is 8. The van der Waals surface area contributed by atoms with Gasteiger partial charge in [0.15, 0.2) is 11.6 Å². The summed E-state index contributed by atoms with van der Waals surface area (Å²) in [6.45, 7) is 0. The van der Waals surface area contributed by atoms with E-state index in [1.807, 2.05) is 140 Å². The van der Waals surface area contributed by atoms with Gasteiger partial charge >= 0.3 is 0 Å². The van der Waals surface area contributed by atoms with Gasteiger partial charge in [0.2, 0.25) is 0 Å². The zero-order valence-corrected chi connectivity index (χ0v) is 38.9. The predicted octanol–water partition coefficient (Wildman–Crippen LogP) is 10.1. The maximum atomic E-state index is 6.33. The van der Waals surface area contributed by atoms with Gasteiger partial charge in [-0.25, -0.2) is 9.97 Å². The zero-order chi connectivity index (χ0) is 42.4. The number of hydrogen-bond donors (Lipinski definition) is 0. The molecule has 0 spiro atoms. The number of hydrogen-bond acceptors (Lipinski definition) is 6. The van der Waals surface area contributed by atoms with Gasteiger partial charge in [0.1, 0.15) is 0 Å². The van der Waals surface area contributed by atoms with E-state index in [1.165, 1.54) is 0 Å². The molecule has 322 valence electrons. The van der Waals surface area contributed by atoms with E-state index in [0.29, 0.717) is 34.4 Å². The normalized spacial score (nSPS) is 11.1. The molecule has 0 saturated heterocycles. The second kappa shape index (κ2) is 18.1. The molecule has 0 aliphatic rings. The topological polar surface area (TPSA) is 87.6 Å². The van der Waals surface area contributed by atoms with Crippen LogP contribution in [0.4, 0.5) is 0 Å². The third kappa shape index (κ3) is 8.06. The Hall–Kier alpha value is -7.64. The van der Waals surface area contributed by atoms with Crippen molar-refractivity contribution in [2.45, 2.75) is 0 Å². The third-order valence-corrected chi connectivity index (χ3v) is 10.7. The summed E-state index contributed by atoms with van der Waals surface area (Å²) < 4.78 is 20.5. The Balaban J connectivity index is 0.00000256. The summed E-state index contributed by atoms with van der Waals surface area (Å²) in [5.74, 6) is 3.37. The first-order chi connectivity index (χ1) is 31.7.